The lowest BCUT2D eigenvalue weighted by atomic mass is 10.1. The van der Waals surface area contributed by atoms with Gasteiger partial charge in [-0.3, -0.25) is 4.79 Å². The maximum absolute atomic E-state index is 13.2. The van der Waals surface area contributed by atoms with Crippen molar-refractivity contribution in [3.63, 3.8) is 0 Å². The van der Waals surface area contributed by atoms with E-state index in [-0.39, 0.29) is 28.7 Å². The highest BCUT2D eigenvalue weighted by Crippen LogP contribution is 2.34. The number of rotatable bonds is 5. The molecule has 92 valence electrons. The number of Topliss-reactive ketones (excluding diaryl/α,β-unsaturated/α-hetero) is 1. The van der Waals surface area contributed by atoms with Gasteiger partial charge in [0.2, 0.25) is 0 Å². The molecule has 1 aromatic rings. The highest BCUT2D eigenvalue weighted by Gasteiger charge is 2.24. The Hall–Kier alpha value is -1.13. The summed E-state index contributed by atoms with van der Waals surface area (Å²) in [6.45, 7) is 0.315. The Morgan fingerprint density at radius 2 is 2.24 bits per heavy atom. The molecule has 0 radical (unpaired) electrons. The van der Waals surface area contributed by atoms with Crippen LogP contribution in [0.1, 0.15) is 23.2 Å². The minimum atomic E-state index is -0.564. The first kappa shape index (κ1) is 12.3. The molecule has 0 amide bonds. The van der Waals surface area contributed by atoms with Gasteiger partial charge in [-0.1, -0.05) is 11.6 Å². The van der Waals surface area contributed by atoms with Crippen LogP contribution >= 0.6 is 11.6 Å². The van der Waals surface area contributed by atoms with Gasteiger partial charge in [-0.2, -0.15) is 0 Å². The summed E-state index contributed by atoms with van der Waals surface area (Å²) in [5.41, 5.74) is 5.39. The summed E-state index contributed by atoms with van der Waals surface area (Å²) in [6.07, 6.45) is 2.25. The van der Waals surface area contributed by atoms with Gasteiger partial charge in [-0.25, -0.2) is 4.39 Å². The Balaban J connectivity index is 2.28. The van der Waals surface area contributed by atoms with E-state index in [4.69, 9.17) is 22.1 Å². The monoisotopic (exact) mass is 257 g/mol. The van der Waals surface area contributed by atoms with E-state index >= 15 is 0 Å². The molecule has 0 spiro atoms. The van der Waals surface area contributed by atoms with Crippen molar-refractivity contribution in [1.29, 1.82) is 0 Å². The molecule has 1 fully saturated rings. The summed E-state index contributed by atoms with van der Waals surface area (Å²) in [5, 5.41) is 0.113. The average Bonchev–Trinajstić information content (AvgIpc) is 3.09. The second-order valence-electron chi connectivity index (χ2n) is 4.15. The van der Waals surface area contributed by atoms with Gasteiger partial charge in [-0.15, -0.1) is 0 Å². The van der Waals surface area contributed by atoms with Gasteiger partial charge in [0.15, 0.2) is 5.78 Å². The number of hydrogen-bond donors (Lipinski definition) is 1. The molecule has 1 aromatic carbocycles. The highest BCUT2D eigenvalue weighted by atomic mass is 35.5. The van der Waals surface area contributed by atoms with Crippen molar-refractivity contribution in [3.8, 4) is 5.75 Å². The van der Waals surface area contributed by atoms with Crippen LogP contribution < -0.4 is 10.5 Å². The fourth-order valence-corrected chi connectivity index (χ4v) is 1.77. The fraction of sp³-hybridized carbons (Fsp3) is 0.417. The Labute approximate surface area is 104 Å². The Morgan fingerprint density at radius 1 is 1.53 bits per heavy atom. The molecule has 0 bridgehead atoms. The summed E-state index contributed by atoms with van der Waals surface area (Å²) in [7, 11) is 0. The zero-order chi connectivity index (χ0) is 12.4. The van der Waals surface area contributed by atoms with E-state index in [2.05, 4.69) is 0 Å². The summed E-state index contributed by atoms with van der Waals surface area (Å²) >= 11 is 5.88. The molecule has 2 rings (SSSR count). The van der Waals surface area contributed by atoms with Crippen LogP contribution in [0.2, 0.25) is 5.02 Å². The number of hydrogen-bond acceptors (Lipinski definition) is 3. The van der Waals surface area contributed by atoms with Crippen LogP contribution in [0, 0.1) is 11.7 Å². The van der Waals surface area contributed by atoms with Crippen LogP contribution in [0.25, 0.3) is 0 Å². The molecule has 1 saturated carbocycles. The van der Waals surface area contributed by atoms with E-state index in [9.17, 15) is 9.18 Å². The van der Waals surface area contributed by atoms with Gasteiger partial charge in [0.05, 0.1) is 23.7 Å². The normalized spacial score (nSPS) is 14.8. The van der Waals surface area contributed by atoms with Gasteiger partial charge in [-0.05, 0) is 30.9 Å². The molecule has 0 unspecified atom stereocenters. The summed E-state index contributed by atoms with van der Waals surface area (Å²) in [6, 6.07) is 2.25. The van der Waals surface area contributed by atoms with Crippen molar-refractivity contribution in [2.24, 2.45) is 11.7 Å². The molecule has 5 heteroatoms. The average molecular weight is 258 g/mol. The molecule has 0 aliphatic heterocycles. The minimum Gasteiger partial charge on any atom is -0.491 e. The summed E-state index contributed by atoms with van der Waals surface area (Å²) < 4.78 is 18.7. The van der Waals surface area contributed by atoms with Crippen molar-refractivity contribution >= 4 is 17.4 Å². The van der Waals surface area contributed by atoms with Gasteiger partial charge >= 0.3 is 0 Å². The number of benzene rings is 1. The first-order chi connectivity index (χ1) is 8.11. The number of carbonyl (C=O) groups excluding carboxylic acids is 1. The summed E-state index contributed by atoms with van der Waals surface area (Å²) in [4.78, 5) is 11.6. The van der Waals surface area contributed by atoms with E-state index in [0.29, 0.717) is 12.5 Å². The van der Waals surface area contributed by atoms with E-state index in [1.165, 1.54) is 0 Å². The van der Waals surface area contributed by atoms with Crippen molar-refractivity contribution in [2.45, 2.75) is 12.8 Å². The van der Waals surface area contributed by atoms with E-state index in [0.717, 1.165) is 25.0 Å². The molecule has 2 N–H and O–H groups in total. The van der Waals surface area contributed by atoms with E-state index < -0.39 is 5.82 Å². The second kappa shape index (κ2) is 5.02. The SMILES string of the molecule is NCC(=O)c1cc(F)cc(Cl)c1OCC1CC1. The zero-order valence-electron chi connectivity index (χ0n) is 9.21. The van der Waals surface area contributed by atoms with Gasteiger partial charge in [0.1, 0.15) is 11.6 Å². The number of carbonyl (C=O) groups is 1. The lowest BCUT2D eigenvalue weighted by Crippen LogP contribution is -2.16. The lowest BCUT2D eigenvalue weighted by molar-refractivity contribution is 0.0996. The zero-order valence-corrected chi connectivity index (χ0v) is 9.97. The number of ketones is 1. The first-order valence-corrected chi connectivity index (χ1v) is 5.84. The maximum atomic E-state index is 13.2. The lowest BCUT2D eigenvalue weighted by Gasteiger charge is -2.12. The molecule has 0 aromatic heterocycles. The third kappa shape index (κ3) is 2.96. The Morgan fingerprint density at radius 3 is 2.82 bits per heavy atom. The van der Waals surface area contributed by atoms with E-state index in [1.54, 1.807) is 0 Å². The summed E-state index contributed by atoms with van der Waals surface area (Å²) in [5.74, 6) is -0.171. The largest absolute Gasteiger partial charge is 0.491 e. The topological polar surface area (TPSA) is 52.3 Å². The minimum absolute atomic E-state index is 0.113. The number of halogens is 2. The first-order valence-electron chi connectivity index (χ1n) is 5.47. The Kier molecular flexibility index (Phi) is 3.64. The molecule has 1 aliphatic rings. The van der Waals surface area contributed by atoms with Gasteiger partial charge in [0, 0.05) is 0 Å². The smallest absolute Gasteiger partial charge is 0.180 e. The van der Waals surface area contributed by atoms with Crippen molar-refractivity contribution < 1.29 is 13.9 Å². The molecule has 3 nitrogen and oxygen atoms in total. The second-order valence-corrected chi connectivity index (χ2v) is 4.55. The van der Waals surface area contributed by atoms with Crippen LogP contribution in [0.3, 0.4) is 0 Å². The predicted octanol–water partition coefficient (Wildman–Crippen LogP) is 2.41. The third-order valence-electron chi connectivity index (χ3n) is 2.65. The maximum Gasteiger partial charge on any atom is 0.180 e. The van der Waals surface area contributed by atoms with Gasteiger partial charge in [0.25, 0.3) is 0 Å². The molecule has 0 saturated heterocycles. The van der Waals surface area contributed by atoms with Crippen LogP contribution in [-0.4, -0.2) is 18.9 Å². The molecule has 0 atom stereocenters. The van der Waals surface area contributed by atoms with Gasteiger partial charge < -0.3 is 10.5 Å². The number of nitrogens with two attached hydrogens (primary N) is 1. The molecule has 17 heavy (non-hydrogen) atoms. The standard InChI is InChI=1S/C12H13ClFNO2/c13-10-4-8(14)3-9(11(16)5-15)12(10)17-6-7-1-2-7/h3-4,7H,1-2,5-6,15H2. The van der Waals surface area contributed by atoms with Crippen molar-refractivity contribution in [2.75, 3.05) is 13.2 Å². The van der Waals surface area contributed by atoms with Crippen LogP contribution in [0.4, 0.5) is 4.39 Å². The Bertz CT molecular complexity index is 446. The van der Waals surface area contributed by atoms with Crippen LogP contribution in [0.5, 0.6) is 5.75 Å². The molecular formula is C12H13ClFNO2. The fourth-order valence-electron chi connectivity index (χ4n) is 1.51. The number of ether oxygens (including phenoxy) is 1. The van der Waals surface area contributed by atoms with Crippen LogP contribution in [0.15, 0.2) is 12.1 Å². The van der Waals surface area contributed by atoms with Crippen molar-refractivity contribution in [3.05, 3.63) is 28.5 Å². The molecule has 0 heterocycles. The van der Waals surface area contributed by atoms with Crippen molar-refractivity contribution in [1.82, 2.24) is 0 Å². The molecular weight excluding hydrogens is 245 g/mol. The quantitative estimate of drug-likeness (QED) is 0.824. The predicted molar refractivity (Wildman–Crippen MR) is 63.0 cm³/mol. The van der Waals surface area contributed by atoms with Crippen LogP contribution in [-0.2, 0) is 0 Å². The van der Waals surface area contributed by atoms with E-state index in [1.807, 2.05) is 0 Å². The third-order valence-corrected chi connectivity index (χ3v) is 2.94. The molecule has 1 aliphatic carbocycles. The highest BCUT2D eigenvalue weighted by molar-refractivity contribution is 6.32.